The molecule has 0 aliphatic rings. The van der Waals surface area contributed by atoms with E-state index in [0.717, 1.165) is 0 Å². The average molecular weight is 631 g/mol. The van der Waals surface area contributed by atoms with Gasteiger partial charge in [0.2, 0.25) is 0 Å². The van der Waals surface area contributed by atoms with Crippen LogP contribution in [-0.2, 0) is 45.0 Å². The Labute approximate surface area is 200 Å². The minimum atomic E-state index is 0. The van der Waals surface area contributed by atoms with Crippen molar-refractivity contribution in [3.05, 3.63) is 0 Å². The average Bonchev–Trinajstić information content (AvgIpc) is 1.00. The van der Waals surface area contributed by atoms with Crippen LogP contribution in [0.1, 0.15) is 0 Å². The Hall–Kier alpha value is 6.88. The van der Waals surface area contributed by atoms with Gasteiger partial charge in [0, 0.05) is 88.0 Å². The summed E-state index contributed by atoms with van der Waals surface area (Å²) in [6.45, 7) is 0. The normalized spacial score (nSPS) is 1.00. The molecule has 0 aromatic rings. The Bertz CT molecular complexity index is 13.7. The zero-order chi connectivity index (χ0) is 2.00. The topological polar surface area (TPSA) is 0 Å². The van der Waals surface area contributed by atoms with Crippen LogP contribution in [0.25, 0.3) is 0 Å². The van der Waals surface area contributed by atoms with Gasteiger partial charge in [-0.1, -0.05) is 0 Å². The van der Waals surface area contributed by atoms with Crippen molar-refractivity contribution in [2.45, 2.75) is 0 Å². The molecule has 0 saturated carbocycles. The van der Waals surface area contributed by atoms with E-state index in [1.165, 1.54) is 0 Å². The van der Waals surface area contributed by atoms with Gasteiger partial charge < -0.3 is 0 Å². The predicted octanol–water partition coefficient (Wildman–Crippen LogP) is -1.84. The van der Waals surface area contributed by atoms with Gasteiger partial charge in [-0.2, -0.15) is 0 Å². The van der Waals surface area contributed by atoms with Gasteiger partial charge in [-0.25, -0.2) is 0 Å². The molecule has 0 nitrogen and oxygen atoms in total. The van der Waals surface area contributed by atoms with Crippen molar-refractivity contribution in [1.82, 2.24) is 0 Å². The first kappa shape index (κ1) is 37.1. The van der Waals surface area contributed by atoms with Gasteiger partial charge in [0.25, 0.3) is 0 Å². The Balaban J connectivity index is -0.000000000500. The van der Waals surface area contributed by atoms with Crippen LogP contribution in [0.3, 0.4) is 0 Å². The summed E-state index contributed by atoms with van der Waals surface area (Å²) in [4.78, 5) is 0. The van der Waals surface area contributed by atoms with Gasteiger partial charge >= 0.3 is 119 Å². The third kappa shape index (κ3) is 32.2. The third-order valence-corrected chi connectivity index (χ3v) is 0. The Kier molecular flexibility index (Phi) is 203. The van der Waals surface area contributed by atoms with Crippen LogP contribution >= 0.6 is 0 Å². The molecule has 7 heteroatoms. The first-order valence-corrected chi connectivity index (χ1v) is 2.00. The molecule has 7 heavy (non-hydrogen) atoms. The molecule has 0 bridgehead atoms. The standard InChI is InChI=1S/2Co.Fe.2La.2Sr.4H. The molecule has 0 N–H and O–H groups in total. The SMILES string of the molecule is [Co].[Fe][Co].[La].[La].[SrH2].[SrH2]. The number of hydrogen-bond donors (Lipinski definition) is 0. The summed E-state index contributed by atoms with van der Waals surface area (Å²) < 4.78 is 0. The molecule has 0 amide bonds. The van der Waals surface area contributed by atoms with E-state index in [2.05, 4.69) is 28.2 Å². The maximum atomic E-state index is 3.31. The summed E-state index contributed by atoms with van der Waals surface area (Å²) in [5.74, 6) is 0. The molecule has 0 saturated heterocycles. The molecular formula is H4Co2FeLa2Sr2. The minimum absolute atomic E-state index is 0. The summed E-state index contributed by atoms with van der Waals surface area (Å²) >= 11 is 6.25. The fourth-order valence-electron chi connectivity index (χ4n) is 0. The molecular weight excluding hydrogens is 627 g/mol. The summed E-state index contributed by atoms with van der Waals surface area (Å²) in [5, 5.41) is 0. The van der Waals surface area contributed by atoms with Crippen LogP contribution in [0.2, 0.25) is 0 Å². The van der Waals surface area contributed by atoms with Crippen molar-refractivity contribution >= 4 is 91.0 Å². The van der Waals surface area contributed by atoms with Crippen LogP contribution in [0.15, 0.2) is 0 Å². The predicted molar refractivity (Wildman–Crippen MR) is 17.1 cm³/mol. The van der Waals surface area contributed by atoms with Crippen LogP contribution in [0.5, 0.6) is 0 Å². The molecule has 0 aromatic heterocycles. The zero-order valence-corrected chi connectivity index (χ0v) is 12.6. The van der Waals surface area contributed by atoms with E-state index < -0.39 is 0 Å². The van der Waals surface area contributed by atoms with Gasteiger partial charge in [-0.3, -0.25) is 0 Å². The van der Waals surface area contributed by atoms with Crippen molar-refractivity contribution in [1.29, 1.82) is 0 Å². The number of rotatable bonds is 0. The first-order chi connectivity index (χ1) is 1.00. The Morgan fingerprint density at radius 3 is 0.857 bits per heavy atom. The third-order valence-electron chi connectivity index (χ3n) is 0. The van der Waals surface area contributed by atoms with E-state index in [-0.39, 0.29) is 179 Å². The fraction of sp³-hybridized carbons (Fsp3) is 0. The van der Waals surface area contributed by atoms with E-state index >= 15 is 0 Å². The monoisotopic (exact) mass is 631 g/mol. The van der Waals surface area contributed by atoms with Crippen molar-refractivity contribution < 1.29 is 116 Å². The van der Waals surface area contributed by atoms with E-state index in [9.17, 15) is 0 Å². The molecule has 0 unspecified atom stereocenters. The van der Waals surface area contributed by atoms with Crippen LogP contribution in [0.4, 0.5) is 0 Å². The molecule has 0 spiro atoms. The van der Waals surface area contributed by atoms with E-state index in [1.54, 1.807) is 0 Å². The maximum absolute atomic E-state index is 3.31. The van der Waals surface area contributed by atoms with Crippen molar-refractivity contribution in [3.63, 3.8) is 0 Å². The molecule has 0 fully saturated rings. The van der Waals surface area contributed by atoms with Gasteiger partial charge in [0.05, 0.1) is 0 Å². The second kappa shape index (κ2) is 38.4. The summed E-state index contributed by atoms with van der Waals surface area (Å²) in [6.07, 6.45) is 0. The zero-order valence-electron chi connectivity index (χ0n) is 2.17. The van der Waals surface area contributed by atoms with Crippen molar-refractivity contribution in [2.24, 2.45) is 0 Å². The second-order valence-corrected chi connectivity index (χ2v) is 0. The van der Waals surface area contributed by atoms with E-state index in [4.69, 9.17) is 0 Å². The summed E-state index contributed by atoms with van der Waals surface area (Å²) in [7, 11) is 0. The second-order valence-electron chi connectivity index (χ2n) is 0. The van der Waals surface area contributed by atoms with Crippen LogP contribution < -0.4 is 0 Å². The fourth-order valence-corrected chi connectivity index (χ4v) is 0. The molecule has 0 aliphatic carbocycles. The summed E-state index contributed by atoms with van der Waals surface area (Å²) in [5.41, 5.74) is 0. The molecule has 0 rings (SSSR count). The van der Waals surface area contributed by atoms with Gasteiger partial charge in [-0.15, -0.1) is 0 Å². The van der Waals surface area contributed by atoms with Crippen LogP contribution in [0, 0.1) is 71.2 Å². The number of hydrogen-bond acceptors (Lipinski definition) is 0. The van der Waals surface area contributed by atoms with Crippen molar-refractivity contribution in [2.75, 3.05) is 0 Å². The van der Waals surface area contributed by atoms with Gasteiger partial charge in [0.15, 0.2) is 0 Å². The molecule has 3 radical (unpaired) electrons. The van der Waals surface area contributed by atoms with Gasteiger partial charge in [-0.05, 0) is 0 Å². The Morgan fingerprint density at radius 2 is 0.857 bits per heavy atom. The molecule has 0 atom stereocenters. The summed E-state index contributed by atoms with van der Waals surface area (Å²) in [6, 6.07) is 0. The Morgan fingerprint density at radius 1 is 0.857 bits per heavy atom. The molecule has 0 heterocycles. The molecule has 0 aliphatic heterocycles. The van der Waals surface area contributed by atoms with Crippen LogP contribution in [-0.4, -0.2) is 91.0 Å². The van der Waals surface area contributed by atoms with Crippen molar-refractivity contribution in [3.8, 4) is 0 Å². The molecule has 0 aromatic carbocycles. The first-order valence-electron chi connectivity index (χ1n) is 0.118. The van der Waals surface area contributed by atoms with Gasteiger partial charge in [0.1, 0.15) is 0 Å². The quantitative estimate of drug-likeness (QED) is 0.277. The molecule has 40 valence electrons. The van der Waals surface area contributed by atoms with E-state index in [1.807, 2.05) is 0 Å². The van der Waals surface area contributed by atoms with E-state index in [0.29, 0.717) is 0 Å².